The minimum Gasteiger partial charge on any atom is -0.457 e. The molecule has 0 aromatic heterocycles. The lowest BCUT2D eigenvalue weighted by atomic mass is 10.0. The summed E-state index contributed by atoms with van der Waals surface area (Å²) in [6.07, 6.45) is 0.701. The first-order chi connectivity index (χ1) is 9.45. The van der Waals surface area contributed by atoms with Crippen LogP contribution in [0.15, 0.2) is 48.7 Å². The van der Waals surface area contributed by atoms with Crippen molar-refractivity contribution in [3.63, 3.8) is 0 Å². The van der Waals surface area contributed by atoms with E-state index >= 15 is 0 Å². The number of ether oxygens (including phenoxy) is 1. The Hall–Kier alpha value is -2.22. The topological polar surface area (TPSA) is 35.2 Å². The van der Waals surface area contributed by atoms with E-state index in [2.05, 4.69) is 45.5 Å². The maximum atomic E-state index is 6.03. The molecule has 0 unspecified atom stereocenters. The third-order valence-electron chi connectivity index (χ3n) is 3.16. The van der Waals surface area contributed by atoms with E-state index in [1.165, 1.54) is 11.1 Å². The molecule has 2 N–H and O–H groups in total. The Balaban J connectivity index is 2.31. The molecule has 2 aromatic rings. The van der Waals surface area contributed by atoms with Gasteiger partial charge in [-0.3, -0.25) is 0 Å². The third kappa shape index (κ3) is 3.41. The molecular formula is C18H21NO. The molecule has 20 heavy (non-hydrogen) atoms. The second-order valence-corrected chi connectivity index (χ2v) is 5.31. The van der Waals surface area contributed by atoms with Crippen LogP contribution in [0, 0.1) is 20.8 Å². The smallest absolute Gasteiger partial charge is 0.133 e. The second kappa shape index (κ2) is 5.83. The van der Waals surface area contributed by atoms with Crippen LogP contribution in [0.3, 0.4) is 0 Å². The number of hydrogen-bond acceptors (Lipinski definition) is 2. The Morgan fingerprint density at radius 3 is 2.30 bits per heavy atom. The molecule has 0 radical (unpaired) electrons. The molecule has 0 amide bonds. The standard InChI is InChI=1S/C18H21NO/c1-12-6-5-7-17(8-12)20-18-13(2)9-16(10-14(18)3)11-15(4)19/h5-10H,4,11,19H2,1-3H3. The fraction of sp³-hybridized carbons (Fsp3) is 0.222. The Morgan fingerprint density at radius 2 is 1.75 bits per heavy atom. The monoisotopic (exact) mass is 267 g/mol. The van der Waals surface area contributed by atoms with Crippen molar-refractivity contribution < 1.29 is 4.74 Å². The molecule has 0 heterocycles. The van der Waals surface area contributed by atoms with E-state index in [4.69, 9.17) is 10.5 Å². The van der Waals surface area contributed by atoms with Crippen LogP contribution in [-0.2, 0) is 6.42 Å². The maximum Gasteiger partial charge on any atom is 0.133 e. The fourth-order valence-corrected chi connectivity index (χ4v) is 2.36. The van der Waals surface area contributed by atoms with Crippen LogP contribution in [0.1, 0.15) is 22.3 Å². The predicted molar refractivity (Wildman–Crippen MR) is 84.2 cm³/mol. The lowest BCUT2D eigenvalue weighted by molar-refractivity contribution is 0.474. The van der Waals surface area contributed by atoms with Crippen LogP contribution < -0.4 is 10.5 Å². The zero-order valence-electron chi connectivity index (χ0n) is 12.4. The van der Waals surface area contributed by atoms with E-state index in [1.807, 2.05) is 18.2 Å². The molecule has 104 valence electrons. The van der Waals surface area contributed by atoms with Crippen LogP contribution in [0.4, 0.5) is 0 Å². The van der Waals surface area contributed by atoms with Crippen molar-refractivity contribution in [3.05, 3.63) is 70.9 Å². The number of aryl methyl sites for hydroxylation is 3. The summed E-state index contributed by atoms with van der Waals surface area (Å²) in [7, 11) is 0. The van der Waals surface area contributed by atoms with E-state index < -0.39 is 0 Å². The van der Waals surface area contributed by atoms with Crippen LogP contribution in [0.25, 0.3) is 0 Å². The van der Waals surface area contributed by atoms with Gasteiger partial charge in [-0.05, 0) is 55.2 Å². The van der Waals surface area contributed by atoms with Crippen molar-refractivity contribution >= 4 is 0 Å². The van der Waals surface area contributed by atoms with E-state index in [-0.39, 0.29) is 0 Å². The van der Waals surface area contributed by atoms with Crippen molar-refractivity contribution in [1.82, 2.24) is 0 Å². The van der Waals surface area contributed by atoms with Gasteiger partial charge in [-0.15, -0.1) is 0 Å². The molecule has 0 saturated carbocycles. The Morgan fingerprint density at radius 1 is 1.10 bits per heavy atom. The Bertz CT molecular complexity index is 621. The van der Waals surface area contributed by atoms with Crippen molar-refractivity contribution in [2.24, 2.45) is 5.73 Å². The summed E-state index contributed by atoms with van der Waals surface area (Å²) in [4.78, 5) is 0. The fourth-order valence-electron chi connectivity index (χ4n) is 2.36. The quantitative estimate of drug-likeness (QED) is 0.890. The molecule has 2 heteroatoms. The molecule has 0 fully saturated rings. The lowest BCUT2D eigenvalue weighted by Crippen LogP contribution is -2.01. The highest BCUT2D eigenvalue weighted by Crippen LogP contribution is 2.30. The van der Waals surface area contributed by atoms with Crippen molar-refractivity contribution in [2.75, 3.05) is 0 Å². The summed E-state index contributed by atoms with van der Waals surface area (Å²) in [6, 6.07) is 12.3. The highest BCUT2D eigenvalue weighted by Gasteiger charge is 2.08. The second-order valence-electron chi connectivity index (χ2n) is 5.31. The zero-order valence-corrected chi connectivity index (χ0v) is 12.4. The minimum atomic E-state index is 0.677. The highest BCUT2D eigenvalue weighted by atomic mass is 16.5. The lowest BCUT2D eigenvalue weighted by Gasteiger charge is -2.14. The van der Waals surface area contributed by atoms with Gasteiger partial charge in [0.25, 0.3) is 0 Å². The zero-order chi connectivity index (χ0) is 14.7. The average molecular weight is 267 g/mol. The van der Waals surface area contributed by atoms with E-state index in [1.54, 1.807) is 0 Å². The number of hydrogen-bond donors (Lipinski definition) is 1. The summed E-state index contributed by atoms with van der Waals surface area (Å²) in [5.74, 6) is 1.79. The Kier molecular flexibility index (Phi) is 4.14. The van der Waals surface area contributed by atoms with E-state index in [0.717, 1.165) is 22.6 Å². The molecule has 0 aliphatic carbocycles. The first-order valence-electron chi connectivity index (χ1n) is 6.73. The van der Waals surface area contributed by atoms with Gasteiger partial charge in [0.05, 0.1) is 0 Å². The van der Waals surface area contributed by atoms with Gasteiger partial charge in [-0.25, -0.2) is 0 Å². The van der Waals surface area contributed by atoms with Crippen molar-refractivity contribution in [1.29, 1.82) is 0 Å². The molecule has 0 saturated heterocycles. The van der Waals surface area contributed by atoms with Gasteiger partial charge < -0.3 is 10.5 Å². The molecule has 2 rings (SSSR count). The van der Waals surface area contributed by atoms with Gasteiger partial charge in [-0.2, -0.15) is 0 Å². The van der Waals surface area contributed by atoms with Crippen molar-refractivity contribution in [2.45, 2.75) is 27.2 Å². The normalized spacial score (nSPS) is 10.3. The summed E-state index contributed by atoms with van der Waals surface area (Å²) in [6.45, 7) is 9.93. The SMILES string of the molecule is C=C(N)Cc1cc(C)c(Oc2cccc(C)c2)c(C)c1. The first-order valence-corrected chi connectivity index (χ1v) is 6.73. The largest absolute Gasteiger partial charge is 0.457 e. The summed E-state index contributed by atoms with van der Waals surface area (Å²) in [5, 5.41) is 0. The highest BCUT2D eigenvalue weighted by molar-refractivity contribution is 5.46. The molecule has 0 aliphatic heterocycles. The number of allylic oxidation sites excluding steroid dienone is 1. The summed E-state index contributed by atoms with van der Waals surface area (Å²) < 4.78 is 6.03. The molecule has 0 spiro atoms. The molecule has 2 nitrogen and oxygen atoms in total. The Labute approximate surface area is 120 Å². The van der Waals surface area contributed by atoms with Gasteiger partial charge >= 0.3 is 0 Å². The molecule has 0 atom stereocenters. The van der Waals surface area contributed by atoms with Gasteiger partial charge in [0, 0.05) is 12.1 Å². The van der Waals surface area contributed by atoms with Gasteiger partial charge in [0.15, 0.2) is 0 Å². The summed E-state index contributed by atoms with van der Waals surface area (Å²) in [5.41, 5.74) is 10.9. The van der Waals surface area contributed by atoms with Crippen LogP contribution >= 0.6 is 0 Å². The number of benzene rings is 2. The minimum absolute atomic E-state index is 0.677. The number of rotatable bonds is 4. The first kappa shape index (κ1) is 14.2. The summed E-state index contributed by atoms with van der Waals surface area (Å²) >= 11 is 0. The van der Waals surface area contributed by atoms with Crippen LogP contribution in [-0.4, -0.2) is 0 Å². The van der Waals surface area contributed by atoms with Gasteiger partial charge in [0.1, 0.15) is 11.5 Å². The van der Waals surface area contributed by atoms with Crippen molar-refractivity contribution in [3.8, 4) is 11.5 Å². The number of nitrogens with two attached hydrogens (primary N) is 1. The van der Waals surface area contributed by atoms with E-state index in [9.17, 15) is 0 Å². The molecular weight excluding hydrogens is 246 g/mol. The molecule has 2 aromatic carbocycles. The predicted octanol–water partition coefficient (Wildman–Crippen LogP) is 4.42. The maximum absolute atomic E-state index is 6.03. The van der Waals surface area contributed by atoms with Gasteiger partial charge in [0.2, 0.25) is 0 Å². The van der Waals surface area contributed by atoms with Crippen LogP contribution in [0.5, 0.6) is 11.5 Å². The van der Waals surface area contributed by atoms with E-state index in [0.29, 0.717) is 12.1 Å². The average Bonchev–Trinajstić information content (AvgIpc) is 2.33. The molecule has 0 bridgehead atoms. The van der Waals surface area contributed by atoms with Crippen LogP contribution in [0.2, 0.25) is 0 Å². The van der Waals surface area contributed by atoms with Gasteiger partial charge in [-0.1, -0.05) is 30.8 Å². The molecule has 0 aliphatic rings. The third-order valence-corrected chi connectivity index (χ3v) is 3.16.